The van der Waals surface area contributed by atoms with E-state index in [-0.39, 0.29) is 18.5 Å². The van der Waals surface area contributed by atoms with Crippen molar-refractivity contribution in [1.82, 2.24) is 10.2 Å². The summed E-state index contributed by atoms with van der Waals surface area (Å²) in [5.74, 6) is -0.296. The number of nitrogens with zero attached hydrogens (tertiary/aromatic N) is 1. The summed E-state index contributed by atoms with van der Waals surface area (Å²) >= 11 is 0. The summed E-state index contributed by atoms with van der Waals surface area (Å²) in [6, 6.07) is -0.505. The predicted octanol–water partition coefficient (Wildman–Crippen LogP) is 0.672. The van der Waals surface area contributed by atoms with Crippen LogP contribution in [0.2, 0.25) is 0 Å². The van der Waals surface area contributed by atoms with Crippen molar-refractivity contribution in [1.29, 1.82) is 0 Å². The minimum Gasteiger partial charge on any atom is -0.481 e. The number of aliphatic carboxylic acids is 1. The Morgan fingerprint density at radius 3 is 2.78 bits per heavy atom. The van der Waals surface area contributed by atoms with Gasteiger partial charge in [-0.25, -0.2) is 4.79 Å². The SMILES string of the molecule is O=C(O)CC1COCCN1C(=O)NCC1CCC1. The summed E-state index contributed by atoms with van der Waals surface area (Å²) in [5.41, 5.74) is 0. The Balaban J connectivity index is 1.82. The Bertz CT molecular complexity index is 317. The molecular formula is C12H20N2O4. The molecule has 2 amide bonds. The van der Waals surface area contributed by atoms with Crippen molar-refractivity contribution in [3.63, 3.8) is 0 Å². The van der Waals surface area contributed by atoms with Crippen LogP contribution >= 0.6 is 0 Å². The van der Waals surface area contributed by atoms with E-state index in [0.717, 1.165) is 0 Å². The van der Waals surface area contributed by atoms with Crippen molar-refractivity contribution >= 4 is 12.0 Å². The van der Waals surface area contributed by atoms with E-state index in [1.54, 1.807) is 4.90 Å². The molecule has 1 saturated heterocycles. The lowest BCUT2D eigenvalue weighted by Crippen LogP contribution is -2.53. The van der Waals surface area contributed by atoms with Crippen molar-refractivity contribution in [2.75, 3.05) is 26.3 Å². The number of ether oxygens (including phenoxy) is 1. The molecule has 2 aliphatic rings. The first-order valence-corrected chi connectivity index (χ1v) is 6.51. The highest BCUT2D eigenvalue weighted by atomic mass is 16.5. The zero-order valence-corrected chi connectivity index (χ0v) is 10.4. The monoisotopic (exact) mass is 256 g/mol. The molecule has 6 heteroatoms. The van der Waals surface area contributed by atoms with E-state index in [0.29, 0.717) is 32.2 Å². The van der Waals surface area contributed by atoms with Crippen LogP contribution in [0, 0.1) is 5.92 Å². The summed E-state index contributed by atoms with van der Waals surface area (Å²) < 4.78 is 5.24. The summed E-state index contributed by atoms with van der Waals surface area (Å²) in [7, 11) is 0. The van der Waals surface area contributed by atoms with Crippen LogP contribution in [-0.2, 0) is 9.53 Å². The summed E-state index contributed by atoms with van der Waals surface area (Å²) in [4.78, 5) is 24.3. The number of morpholine rings is 1. The van der Waals surface area contributed by atoms with Crippen LogP contribution in [0.4, 0.5) is 4.79 Å². The molecular weight excluding hydrogens is 236 g/mol. The van der Waals surface area contributed by atoms with E-state index in [4.69, 9.17) is 9.84 Å². The van der Waals surface area contributed by atoms with Crippen LogP contribution < -0.4 is 5.32 Å². The second-order valence-electron chi connectivity index (χ2n) is 5.00. The van der Waals surface area contributed by atoms with Gasteiger partial charge in [0.1, 0.15) is 0 Å². The van der Waals surface area contributed by atoms with Crippen molar-refractivity contribution in [3.8, 4) is 0 Å². The zero-order chi connectivity index (χ0) is 13.0. The van der Waals surface area contributed by atoms with E-state index in [1.807, 2.05) is 0 Å². The fourth-order valence-electron chi connectivity index (χ4n) is 2.32. The van der Waals surface area contributed by atoms with Gasteiger partial charge < -0.3 is 20.1 Å². The summed E-state index contributed by atoms with van der Waals surface area (Å²) in [6.45, 7) is 1.96. The highest BCUT2D eigenvalue weighted by Crippen LogP contribution is 2.25. The maximum Gasteiger partial charge on any atom is 0.317 e. The van der Waals surface area contributed by atoms with Gasteiger partial charge in [-0.1, -0.05) is 6.42 Å². The molecule has 6 nitrogen and oxygen atoms in total. The number of hydrogen-bond acceptors (Lipinski definition) is 3. The summed E-state index contributed by atoms with van der Waals surface area (Å²) in [6.07, 6.45) is 3.56. The molecule has 1 heterocycles. The van der Waals surface area contributed by atoms with Gasteiger partial charge in [0, 0.05) is 13.1 Å². The lowest BCUT2D eigenvalue weighted by molar-refractivity contribution is -0.139. The normalized spacial score (nSPS) is 24.4. The second-order valence-corrected chi connectivity index (χ2v) is 5.00. The highest BCUT2D eigenvalue weighted by Gasteiger charge is 2.29. The Hall–Kier alpha value is -1.30. The van der Waals surface area contributed by atoms with Gasteiger partial charge >= 0.3 is 12.0 Å². The molecule has 0 spiro atoms. The van der Waals surface area contributed by atoms with Gasteiger partial charge in [-0.2, -0.15) is 0 Å². The van der Waals surface area contributed by atoms with E-state index >= 15 is 0 Å². The second kappa shape index (κ2) is 6.04. The molecule has 1 aliphatic heterocycles. The van der Waals surface area contributed by atoms with Crippen molar-refractivity contribution in [2.45, 2.75) is 31.7 Å². The lowest BCUT2D eigenvalue weighted by atomic mass is 9.85. The molecule has 102 valence electrons. The van der Waals surface area contributed by atoms with Crippen molar-refractivity contribution < 1.29 is 19.4 Å². The number of carboxylic acid groups (broad SMARTS) is 1. The van der Waals surface area contributed by atoms with Crippen LogP contribution in [0.25, 0.3) is 0 Å². The molecule has 0 aromatic rings. The number of amides is 2. The van der Waals surface area contributed by atoms with Gasteiger partial charge in [0.15, 0.2) is 0 Å². The zero-order valence-electron chi connectivity index (χ0n) is 10.4. The van der Waals surface area contributed by atoms with Crippen LogP contribution in [-0.4, -0.2) is 54.4 Å². The third-order valence-electron chi connectivity index (χ3n) is 3.67. The van der Waals surface area contributed by atoms with Crippen LogP contribution in [0.15, 0.2) is 0 Å². The molecule has 0 aromatic heterocycles. The molecule has 0 aromatic carbocycles. The van der Waals surface area contributed by atoms with Gasteiger partial charge in [-0.05, 0) is 18.8 Å². The molecule has 1 atom stereocenters. The quantitative estimate of drug-likeness (QED) is 0.775. The molecule has 0 radical (unpaired) electrons. The summed E-state index contributed by atoms with van der Waals surface area (Å²) in [5, 5.41) is 11.7. The molecule has 2 rings (SSSR count). The van der Waals surface area contributed by atoms with Gasteiger partial charge in [0.05, 0.1) is 25.7 Å². The van der Waals surface area contributed by atoms with Gasteiger partial charge in [-0.15, -0.1) is 0 Å². The lowest BCUT2D eigenvalue weighted by Gasteiger charge is -2.35. The minimum atomic E-state index is -0.901. The topological polar surface area (TPSA) is 78.9 Å². The van der Waals surface area contributed by atoms with Crippen molar-refractivity contribution in [3.05, 3.63) is 0 Å². The predicted molar refractivity (Wildman–Crippen MR) is 64.3 cm³/mol. The highest BCUT2D eigenvalue weighted by molar-refractivity contribution is 5.76. The van der Waals surface area contributed by atoms with E-state index in [9.17, 15) is 9.59 Å². The van der Waals surface area contributed by atoms with Crippen LogP contribution in [0.1, 0.15) is 25.7 Å². The standard InChI is InChI=1S/C12H20N2O4/c15-11(16)6-10-8-18-5-4-14(10)12(17)13-7-9-2-1-3-9/h9-10H,1-8H2,(H,13,17)(H,15,16). The average Bonchev–Trinajstić information content (AvgIpc) is 2.26. The number of nitrogens with one attached hydrogen (secondary N) is 1. The molecule has 2 N–H and O–H groups in total. The Kier molecular flexibility index (Phi) is 4.41. The first-order chi connectivity index (χ1) is 8.66. The number of urea groups is 1. The van der Waals surface area contributed by atoms with E-state index in [2.05, 4.69) is 5.32 Å². The Morgan fingerprint density at radius 1 is 1.39 bits per heavy atom. The van der Waals surface area contributed by atoms with Gasteiger partial charge in [0.2, 0.25) is 0 Å². The number of carbonyl (C=O) groups excluding carboxylic acids is 1. The number of hydrogen-bond donors (Lipinski definition) is 2. The smallest absolute Gasteiger partial charge is 0.317 e. The molecule has 1 saturated carbocycles. The maximum absolute atomic E-state index is 12.0. The van der Waals surface area contributed by atoms with Crippen molar-refractivity contribution in [2.24, 2.45) is 5.92 Å². The fourth-order valence-corrected chi connectivity index (χ4v) is 2.32. The molecule has 1 aliphatic carbocycles. The molecule has 2 fully saturated rings. The van der Waals surface area contributed by atoms with E-state index in [1.165, 1.54) is 19.3 Å². The molecule has 1 unspecified atom stereocenters. The van der Waals surface area contributed by atoms with Gasteiger partial charge in [-0.3, -0.25) is 4.79 Å². The molecule has 18 heavy (non-hydrogen) atoms. The molecule has 0 bridgehead atoms. The number of carbonyl (C=O) groups is 2. The number of carboxylic acids is 1. The first-order valence-electron chi connectivity index (χ1n) is 6.51. The average molecular weight is 256 g/mol. The number of rotatable bonds is 4. The largest absolute Gasteiger partial charge is 0.481 e. The third-order valence-corrected chi connectivity index (χ3v) is 3.67. The Morgan fingerprint density at radius 2 is 2.17 bits per heavy atom. The fraction of sp³-hybridized carbons (Fsp3) is 0.833. The van der Waals surface area contributed by atoms with Crippen LogP contribution in [0.3, 0.4) is 0 Å². The first kappa shape index (κ1) is 13.1. The third kappa shape index (κ3) is 3.35. The van der Waals surface area contributed by atoms with Gasteiger partial charge in [0.25, 0.3) is 0 Å². The maximum atomic E-state index is 12.0. The Labute approximate surface area is 106 Å². The van der Waals surface area contributed by atoms with E-state index < -0.39 is 5.97 Å². The van der Waals surface area contributed by atoms with Crippen LogP contribution in [0.5, 0.6) is 0 Å². The minimum absolute atomic E-state index is 0.0587.